The number of carbonyl (C=O) groups is 1. The molecule has 1 aromatic heterocycles. The molecular weight excluding hydrogens is 261 g/mol. The van der Waals surface area contributed by atoms with Gasteiger partial charge in [-0.25, -0.2) is 9.48 Å². The molecule has 6 heteroatoms. The SMILES string of the molecule is C=CCOC(=O)c1c(F)nnn1[C@H](C)c1ccccc1. The molecule has 104 valence electrons. The Bertz CT molecular complexity index is 610. The third-order valence-corrected chi connectivity index (χ3v) is 2.83. The highest BCUT2D eigenvalue weighted by Gasteiger charge is 2.25. The van der Waals surface area contributed by atoms with E-state index < -0.39 is 11.9 Å². The van der Waals surface area contributed by atoms with Crippen molar-refractivity contribution in [2.75, 3.05) is 6.61 Å². The molecule has 0 aliphatic heterocycles. The number of ether oxygens (including phenoxy) is 1. The van der Waals surface area contributed by atoms with Crippen molar-refractivity contribution in [2.45, 2.75) is 13.0 Å². The van der Waals surface area contributed by atoms with Crippen LogP contribution in [0, 0.1) is 5.95 Å². The van der Waals surface area contributed by atoms with Crippen molar-refractivity contribution in [3.8, 4) is 0 Å². The third kappa shape index (κ3) is 2.74. The number of esters is 1. The summed E-state index contributed by atoms with van der Waals surface area (Å²) in [6.45, 7) is 5.23. The first-order valence-corrected chi connectivity index (χ1v) is 6.08. The van der Waals surface area contributed by atoms with Crippen LogP contribution in [0.2, 0.25) is 0 Å². The van der Waals surface area contributed by atoms with Gasteiger partial charge in [0.05, 0.1) is 6.04 Å². The molecule has 0 bridgehead atoms. The molecule has 0 spiro atoms. The monoisotopic (exact) mass is 275 g/mol. The van der Waals surface area contributed by atoms with Gasteiger partial charge in [0, 0.05) is 0 Å². The normalized spacial score (nSPS) is 11.9. The number of hydrogen-bond acceptors (Lipinski definition) is 4. The number of nitrogens with zero attached hydrogens (tertiary/aromatic N) is 3. The van der Waals surface area contributed by atoms with E-state index in [2.05, 4.69) is 16.9 Å². The zero-order chi connectivity index (χ0) is 14.5. The molecule has 1 heterocycles. The molecule has 1 aromatic carbocycles. The largest absolute Gasteiger partial charge is 0.457 e. The molecule has 2 rings (SSSR count). The van der Waals surface area contributed by atoms with Gasteiger partial charge in [0.25, 0.3) is 5.95 Å². The number of halogens is 1. The van der Waals surface area contributed by atoms with Gasteiger partial charge < -0.3 is 4.74 Å². The maximum absolute atomic E-state index is 13.6. The molecule has 0 fully saturated rings. The van der Waals surface area contributed by atoms with E-state index in [0.29, 0.717) is 0 Å². The summed E-state index contributed by atoms with van der Waals surface area (Å²) in [6, 6.07) is 8.98. The van der Waals surface area contributed by atoms with E-state index in [1.165, 1.54) is 10.8 Å². The lowest BCUT2D eigenvalue weighted by Crippen LogP contribution is -2.18. The summed E-state index contributed by atoms with van der Waals surface area (Å²) in [5.41, 5.74) is 0.596. The summed E-state index contributed by atoms with van der Waals surface area (Å²) >= 11 is 0. The minimum Gasteiger partial charge on any atom is -0.457 e. The van der Waals surface area contributed by atoms with E-state index in [1.807, 2.05) is 30.3 Å². The summed E-state index contributed by atoms with van der Waals surface area (Å²) < 4.78 is 19.7. The predicted molar refractivity (Wildman–Crippen MR) is 70.7 cm³/mol. The van der Waals surface area contributed by atoms with Gasteiger partial charge in [0.2, 0.25) is 5.69 Å². The third-order valence-electron chi connectivity index (χ3n) is 2.83. The Morgan fingerprint density at radius 3 is 2.85 bits per heavy atom. The van der Waals surface area contributed by atoms with Crippen molar-refractivity contribution in [2.24, 2.45) is 0 Å². The van der Waals surface area contributed by atoms with Crippen LogP contribution >= 0.6 is 0 Å². The summed E-state index contributed by atoms with van der Waals surface area (Å²) in [5.74, 6) is -1.75. The molecule has 0 saturated heterocycles. The standard InChI is InChI=1S/C14H14FN3O2/c1-3-9-20-14(19)12-13(15)16-17-18(12)10(2)11-7-5-4-6-8-11/h3-8,10H,1,9H2,2H3/t10-/m1/s1. The van der Waals surface area contributed by atoms with Gasteiger partial charge in [-0.15, -0.1) is 0 Å². The molecule has 2 aromatic rings. The molecule has 0 aliphatic rings. The number of rotatable bonds is 5. The Balaban J connectivity index is 2.33. The molecule has 0 N–H and O–H groups in total. The summed E-state index contributed by atoms with van der Waals surface area (Å²) in [7, 11) is 0. The highest BCUT2D eigenvalue weighted by Crippen LogP contribution is 2.19. The van der Waals surface area contributed by atoms with Crippen LogP contribution in [0.5, 0.6) is 0 Å². The molecule has 0 saturated carbocycles. The fourth-order valence-corrected chi connectivity index (χ4v) is 1.80. The Kier molecular flexibility index (Phi) is 4.24. The lowest BCUT2D eigenvalue weighted by atomic mass is 10.1. The van der Waals surface area contributed by atoms with Crippen LogP contribution in [0.4, 0.5) is 4.39 Å². The fourth-order valence-electron chi connectivity index (χ4n) is 1.80. The number of benzene rings is 1. The number of carbonyl (C=O) groups excluding carboxylic acids is 1. The van der Waals surface area contributed by atoms with Gasteiger partial charge in [0.1, 0.15) is 6.61 Å². The summed E-state index contributed by atoms with van der Waals surface area (Å²) in [6.07, 6.45) is 1.41. The van der Waals surface area contributed by atoms with Crippen molar-refractivity contribution in [3.05, 3.63) is 60.2 Å². The molecule has 1 atom stereocenters. The van der Waals surface area contributed by atoms with Crippen LogP contribution in [0.3, 0.4) is 0 Å². The van der Waals surface area contributed by atoms with E-state index in [9.17, 15) is 9.18 Å². The summed E-state index contributed by atoms with van der Waals surface area (Å²) in [5, 5.41) is 7.00. The first kappa shape index (κ1) is 13.9. The van der Waals surface area contributed by atoms with E-state index in [4.69, 9.17) is 4.74 Å². The molecule has 0 aliphatic carbocycles. The topological polar surface area (TPSA) is 57.0 Å². The lowest BCUT2D eigenvalue weighted by Gasteiger charge is -2.14. The molecule has 20 heavy (non-hydrogen) atoms. The highest BCUT2D eigenvalue weighted by atomic mass is 19.1. The average molecular weight is 275 g/mol. The smallest absolute Gasteiger partial charge is 0.361 e. The van der Waals surface area contributed by atoms with Crippen LogP contribution in [0.15, 0.2) is 43.0 Å². The summed E-state index contributed by atoms with van der Waals surface area (Å²) in [4.78, 5) is 11.8. The second-order valence-corrected chi connectivity index (χ2v) is 4.15. The Hall–Kier alpha value is -2.50. The second-order valence-electron chi connectivity index (χ2n) is 4.15. The first-order chi connectivity index (χ1) is 9.65. The second kappa shape index (κ2) is 6.10. The van der Waals surface area contributed by atoms with Gasteiger partial charge in [-0.3, -0.25) is 0 Å². The van der Waals surface area contributed by atoms with Gasteiger partial charge in [-0.1, -0.05) is 53.3 Å². The number of hydrogen-bond donors (Lipinski definition) is 0. The Morgan fingerprint density at radius 1 is 1.50 bits per heavy atom. The average Bonchev–Trinajstić information content (AvgIpc) is 2.86. The highest BCUT2D eigenvalue weighted by molar-refractivity contribution is 5.87. The van der Waals surface area contributed by atoms with Crippen LogP contribution in [-0.2, 0) is 4.74 Å². The molecule has 5 nitrogen and oxygen atoms in total. The zero-order valence-electron chi connectivity index (χ0n) is 11.0. The van der Waals surface area contributed by atoms with Gasteiger partial charge in [-0.05, 0) is 12.5 Å². The maximum atomic E-state index is 13.6. The van der Waals surface area contributed by atoms with Gasteiger partial charge in [-0.2, -0.15) is 4.39 Å². The van der Waals surface area contributed by atoms with Crippen LogP contribution in [-0.4, -0.2) is 27.6 Å². The first-order valence-electron chi connectivity index (χ1n) is 6.08. The van der Waals surface area contributed by atoms with Crippen LogP contribution in [0.25, 0.3) is 0 Å². The van der Waals surface area contributed by atoms with Crippen molar-refractivity contribution in [3.63, 3.8) is 0 Å². The maximum Gasteiger partial charge on any atom is 0.361 e. The van der Waals surface area contributed by atoms with E-state index in [1.54, 1.807) is 6.92 Å². The van der Waals surface area contributed by atoms with Crippen LogP contribution in [0.1, 0.15) is 29.0 Å². The lowest BCUT2D eigenvalue weighted by molar-refractivity contribution is 0.0528. The number of aromatic nitrogens is 3. The Labute approximate surface area is 115 Å². The molecule has 0 radical (unpaired) electrons. The molecular formula is C14H14FN3O2. The minimum absolute atomic E-state index is 0.00315. The van der Waals surface area contributed by atoms with Crippen molar-refractivity contribution >= 4 is 5.97 Å². The van der Waals surface area contributed by atoms with Crippen LogP contribution < -0.4 is 0 Å². The van der Waals surface area contributed by atoms with E-state index >= 15 is 0 Å². The minimum atomic E-state index is -0.943. The van der Waals surface area contributed by atoms with Crippen molar-refractivity contribution in [1.29, 1.82) is 0 Å². The molecule has 0 unspecified atom stereocenters. The van der Waals surface area contributed by atoms with Gasteiger partial charge >= 0.3 is 5.97 Å². The van der Waals surface area contributed by atoms with Crippen molar-refractivity contribution < 1.29 is 13.9 Å². The predicted octanol–water partition coefficient (Wildman–Crippen LogP) is 2.37. The Morgan fingerprint density at radius 2 is 2.20 bits per heavy atom. The van der Waals surface area contributed by atoms with Gasteiger partial charge in [0.15, 0.2) is 0 Å². The zero-order valence-corrected chi connectivity index (χ0v) is 11.0. The van der Waals surface area contributed by atoms with E-state index in [-0.39, 0.29) is 18.3 Å². The molecule has 0 amide bonds. The van der Waals surface area contributed by atoms with Crippen molar-refractivity contribution in [1.82, 2.24) is 15.0 Å². The quantitative estimate of drug-likeness (QED) is 0.621. The fraction of sp³-hybridized carbons (Fsp3) is 0.214. The van der Waals surface area contributed by atoms with E-state index in [0.717, 1.165) is 5.56 Å².